The van der Waals surface area contributed by atoms with E-state index in [1.807, 2.05) is 0 Å². The molecule has 0 saturated carbocycles. The molecule has 4 atom stereocenters. The maximum absolute atomic E-state index is 14.2. The number of nitrogens with zero attached hydrogens (tertiary/aromatic N) is 6. The minimum absolute atomic E-state index is 0.312. The number of alkyl halides is 2. The van der Waals surface area contributed by atoms with Gasteiger partial charge in [-0.15, -0.1) is 0 Å². The molecule has 1 saturated heterocycles. The van der Waals surface area contributed by atoms with Crippen molar-refractivity contribution in [3.63, 3.8) is 0 Å². The third kappa shape index (κ3) is 3.27. The van der Waals surface area contributed by atoms with Gasteiger partial charge in [0.2, 0.25) is 6.29 Å². The standard InChI is InChI=1S/C9H13F2N7O2/c1-4-6(3-15-17-13)20-8(19-5(2)12)7(16-18-14)9(4,10)11/h4,6-8,12H,3H2,1-2H3. The van der Waals surface area contributed by atoms with Gasteiger partial charge in [0.05, 0.1) is 12.6 Å². The Morgan fingerprint density at radius 3 is 2.60 bits per heavy atom. The van der Waals surface area contributed by atoms with Crippen LogP contribution in [-0.4, -0.2) is 36.8 Å². The van der Waals surface area contributed by atoms with Crippen LogP contribution in [0.15, 0.2) is 10.2 Å². The highest BCUT2D eigenvalue weighted by atomic mass is 19.3. The van der Waals surface area contributed by atoms with Gasteiger partial charge in [-0.1, -0.05) is 17.2 Å². The van der Waals surface area contributed by atoms with Gasteiger partial charge in [-0.05, 0) is 11.1 Å². The summed E-state index contributed by atoms with van der Waals surface area (Å²) in [5.74, 6) is -5.12. The Kier molecular flexibility index (Phi) is 5.09. The van der Waals surface area contributed by atoms with Crippen LogP contribution in [0.2, 0.25) is 0 Å². The number of rotatable bonds is 4. The van der Waals surface area contributed by atoms with E-state index in [4.69, 9.17) is 25.9 Å². The van der Waals surface area contributed by atoms with Crippen LogP contribution in [0.4, 0.5) is 8.78 Å². The third-order valence-electron chi connectivity index (χ3n) is 2.92. The molecule has 0 spiro atoms. The van der Waals surface area contributed by atoms with Crippen LogP contribution in [-0.2, 0) is 9.47 Å². The lowest BCUT2D eigenvalue weighted by Gasteiger charge is -2.43. The van der Waals surface area contributed by atoms with Crippen molar-refractivity contribution in [1.82, 2.24) is 0 Å². The molecule has 0 aromatic carbocycles. The zero-order valence-electron chi connectivity index (χ0n) is 10.8. The van der Waals surface area contributed by atoms with Crippen LogP contribution in [0.5, 0.6) is 0 Å². The predicted molar refractivity (Wildman–Crippen MR) is 64.2 cm³/mol. The van der Waals surface area contributed by atoms with E-state index in [1.54, 1.807) is 0 Å². The van der Waals surface area contributed by atoms with E-state index in [2.05, 4.69) is 20.1 Å². The van der Waals surface area contributed by atoms with E-state index in [0.29, 0.717) is 0 Å². The first-order valence-corrected chi connectivity index (χ1v) is 5.64. The molecule has 20 heavy (non-hydrogen) atoms. The molecule has 1 rings (SSSR count). The topological polar surface area (TPSA) is 140 Å². The summed E-state index contributed by atoms with van der Waals surface area (Å²) in [5.41, 5.74) is 16.6. The van der Waals surface area contributed by atoms with Crippen LogP contribution in [0, 0.1) is 11.3 Å². The highest BCUT2D eigenvalue weighted by Crippen LogP contribution is 2.41. The first-order chi connectivity index (χ1) is 9.34. The average molecular weight is 289 g/mol. The summed E-state index contributed by atoms with van der Waals surface area (Å²) in [4.78, 5) is 4.86. The summed E-state index contributed by atoms with van der Waals surface area (Å²) in [6, 6.07) is -1.90. The second kappa shape index (κ2) is 6.38. The molecule has 0 radical (unpaired) electrons. The quantitative estimate of drug-likeness (QED) is 0.279. The predicted octanol–water partition coefficient (Wildman–Crippen LogP) is 2.99. The fourth-order valence-electron chi connectivity index (χ4n) is 1.83. The fraction of sp³-hybridized carbons (Fsp3) is 0.889. The van der Waals surface area contributed by atoms with Crippen molar-refractivity contribution in [2.24, 2.45) is 16.1 Å². The van der Waals surface area contributed by atoms with Crippen molar-refractivity contribution in [3.8, 4) is 0 Å². The lowest BCUT2D eigenvalue weighted by atomic mass is 9.88. The van der Waals surface area contributed by atoms with Gasteiger partial charge >= 0.3 is 0 Å². The molecule has 1 aliphatic heterocycles. The molecule has 9 nitrogen and oxygen atoms in total. The summed E-state index contributed by atoms with van der Waals surface area (Å²) in [7, 11) is 0. The maximum atomic E-state index is 14.2. The Labute approximate surface area is 112 Å². The second-order valence-electron chi connectivity index (χ2n) is 4.24. The van der Waals surface area contributed by atoms with E-state index in [1.165, 1.54) is 13.8 Å². The van der Waals surface area contributed by atoms with Gasteiger partial charge in [-0.2, -0.15) is 0 Å². The Balaban J connectivity index is 3.09. The molecule has 1 heterocycles. The second-order valence-corrected chi connectivity index (χ2v) is 4.24. The molecule has 0 amide bonds. The SMILES string of the molecule is CC(=N)OC1OC(CN=[N+]=[N-])C(C)C(F)(F)C1N=[N+]=[N-]. The van der Waals surface area contributed by atoms with Crippen molar-refractivity contribution >= 4 is 5.90 Å². The van der Waals surface area contributed by atoms with Crippen LogP contribution in [0.3, 0.4) is 0 Å². The number of halogens is 2. The Morgan fingerprint density at radius 2 is 2.10 bits per heavy atom. The van der Waals surface area contributed by atoms with Gasteiger partial charge in [0.25, 0.3) is 5.92 Å². The molecule has 0 aromatic heterocycles. The van der Waals surface area contributed by atoms with Crippen LogP contribution < -0.4 is 0 Å². The van der Waals surface area contributed by atoms with E-state index in [9.17, 15) is 8.78 Å². The summed E-state index contributed by atoms with van der Waals surface area (Å²) < 4.78 is 38.5. The molecule has 110 valence electrons. The molecular formula is C9H13F2N7O2. The number of azide groups is 2. The molecule has 4 unspecified atom stereocenters. The van der Waals surface area contributed by atoms with Crippen molar-refractivity contribution < 1.29 is 18.3 Å². The van der Waals surface area contributed by atoms with Crippen molar-refractivity contribution in [2.45, 2.75) is 38.2 Å². The highest BCUT2D eigenvalue weighted by molar-refractivity contribution is 5.69. The number of nitrogens with one attached hydrogen (secondary N) is 1. The van der Waals surface area contributed by atoms with Gasteiger partial charge in [-0.3, -0.25) is 5.41 Å². The molecule has 0 aliphatic carbocycles. The summed E-state index contributed by atoms with van der Waals surface area (Å²) in [6.07, 6.45) is -2.70. The fourth-order valence-corrected chi connectivity index (χ4v) is 1.83. The van der Waals surface area contributed by atoms with Crippen molar-refractivity contribution in [3.05, 3.63) is 20.9 Å². The van der Waals surface area contributed by atoms with Gasteiger partial charge in [0, 0.05) is 22.7 Å². The molecule has 1 aliphatic rings. The van der Waals surface area contributed by atoms with Gasteiger partial charge in [0.1, 0.15) is 0 Å². The molecule has 11 heteroatoms. The highest BCUT2D eigenvalue weighted by Gasteiger charge is 2.57. The monoisotopic (exact) mass is 289 g/mol. The van der Waals surface area contributed by atoms with Gasteiger partial charge < -0.3 is 9.47 Å². The molecule has 1 fully saturated rings. The normalized spacial score (nSPS) is 31.6. The Hall–Kier alpha value is -2.09. The van der Waals surface area contributed by atoms with Crippen molar-refractivity contribution in [1.29, 1.82) is 5.41 Å². The van der Waals surface area contributed by atoms with Crippen molar-refractivity contribution in [2.75, 3.05) is 6.54 Å². The maximum Gasteiger partial charge on any atom is 0.267 e. The lowest BCUT2D eigenvalue weighted by molar-refractivity contribution is -0.263. The summed E-state index contributed by atoms with van der Waals surface area (Å²) in [6.45, 7) is 2.12. The zero-order valence-corrected chi connectivity index (χ0v) is 10.8. The largest absolute Gasteiger partial charge is 0.452 e. The third-order valence-corrected chi connectivity index (χ3v) is 2.92. The molecule has 1 N–H and O–H groups in total. The van der Waals surface area contributed by atoms with E-state index in [0.717, 1.165) is 0 Å². The average Bonchev–Trinajstić information content (AvgIpc) is 2.36. The molecular weight excluding hydrogens is 276 g/mol. The number of hydrogen-bond donors (Lipinski definition) is 1. The number of ether oxygens (including phenoxy) is 2. The number of hydrogen-bond acceptors (Lipinski definition) is 5. The molecule has 0 aromatic rings. The zero-order chi connectivity index (χ0) is 15.3. The van der Waals surface area contributed by atoms with E-state index >= 15 is 0 Å². The lowest BCUT2D eigenvalue weighted by Crippen LogP contribution is -2.58. The Bertz CT molecular complexity index is 473. The first kappa shape index (κ1) is 16.0. The molecule has 0 bridgehead atoms. The summed E-state index contributed by atoms with van der Waals surface area (Å²) in [5, 5.41) is 13.4. The van der Waals surface area contributed by atoms with E-state index in [-0.39, 0.29) is 12.4 Å². The first-order valence-electron chi connectivity index (χ1n) is 5.64. The van der Waals surface area contributed by atoms with Crippen LogP contribution >= 0.6 is 0 Å². The van der Waals surface area contributed by atoms with E-state index < -0.39 is 30.3 Å². The summed E-state index contributed by atoms with van der Waals surface area (Å²) >= 11 is 0. The van der Waals surface area contributed by atoms with Crippen LogP contribution in [0.25, 0.3) is 20.9 Å². The van der Waals surface area contributed by atoms with Gasteiger partial charge in [-0.25, -0.2) is 8.78 Å². The Morgan fingerprint density at radius 1 is 1.45 bits per heavy atom. The van der Waals surface area contributed by atoms with Gasteiger partial charge in [0.15, 0.2) is 11.9 Å². The smallest absolute Gasteiger partial charge is 0.267 e. The minimum atomic E-state index is -3.42. The minimum Gasteiger partial charge on any atom is -0.452 e. The van der Waals surface area contributed by atoms with Crippen LogP contribution in [0.1, 0.15) is 13.8 Å².